The fraction of sp³-hybridized carbons (Fsp3) is 0.500. The van der Waals surface area contributed by atoms with Crippen LogP contribution >= 0.6 is 0 Å². The van der Waals surface area contributed by atoms with Gasteiger partial charge in [0, 0.05) is 18.7 Å². The number of amides is 1. The van der Waals surface area contributed by atoms with Crippen molar-refractivity contribution in [2.45, 2.75) is 31.7 Å². The third kappa shape index (κ3) is 4.04. The van der Waals surface area contributed by atoms with Crippen LogP contribution in [0.2, 0.25) is 0 Å². The number of nitrogens with zero attached hydrogens (tertiary/aromatic N) is 2. The van der Waals surface area contributed by atoms with Crippen molar-refractivity contribution in [2.75, 3.05) is 25.0 Å². The van der Waals surface area contributed by atoms with E-state index in [2.05, 4.69) is 0 Å². The van der Waals surface area contributed by atoms with Crippen LogP contribution in [0.5, 0.6) is 0 Å². The number of carbonyl (C=O) groups is 2. The second kappa shape index (κ2) is 7.22. The second-order valence-corrected chi connectivity index (χ2v) is 5.46. The van der Waals surface area contributed by atoms with Crippen molar-refractivity contribution in [1.82, 2.24) is 4.90 Å². The first-order chi connectivity index (χ1) is 10.1. The van der Waals surface area contributed by atoms with Gasteiger partial charge in [-0.1, -0.05) is 18.2 Å². The lowest BCUT2D eigenvalue weighted by molar-refractivity contribution is -0.137. The molecule has 0 unspecified atom stereocenters. The third-order valence-corrected chi connectivity index (χ3v) is 3.91. The first-order valence-corrected chi connectivity index (χ1v) is 7.38. The van der Waals surface area contributed by atoms with Gasteiger partial charge in [-0.3, -0.25) is 14.5 Å². The van der Waals surface area contributed by atoms with Gasteiger partial charge < -0.3 is 10.0 Å². The minimum absolute atomic E-state index is 0.116. The van der Waals surface area contributed by atoms with Gasteiger partial charge in [-0.05, 0) is 45.0 Å². The molecule has 0 radical (unpaired) electrons. The molecule has 0 saturated carbocycles. The molecule has 1 aliphatic heterocycles. The molecule has 1 aromatic carbocycles. The van der Waals surface area contributed by atoms with Gasteiger partial charge in [-0.2, -0.15) is 0 Å². The highest BCUT2D eigenvalue weighted by molar-refractivity contribution is 5.97. The lowest BCUT2D eigenvalue weighted by Crippen LogP contribution is -2.51. The summed E-state index contributed by atoms with van der Waals surface area (Å²) in [5.74, 6) is -0.672. The zero-order valence-corrected chi connectivity index (χ0v) is 12.4. The maximum atomic E-state index is 12.6. The first-order valence-electron chi connectivity index (χ1n) is 7.38. The Kier molecular flexibility index (Phi) is 5.33. The Bertz CT molecular complexity index is 490. The van der Waals surface area contributed by atoms with E-state index in [9.17, 15) is 9.59 Å². The fourth-order valence-electron chi connectivity index (χ4n) is 2.77. The van der Waals surface area contributed by atoms with Crippen LogP contribution in [0.15, 0.2) is 30.3 Å². The highest BCUT2D eigenvalue weighted by Crippen LogP contribution is 2.23. The van der Waals surface area contributed by atoms with Gasteiger partial charge in [0.15, 0.2) is 0 Å². The van der Waals surface area contributed by atoms with Crippen molar-refractivity contribution in [2.24, 2.45) is 0 Å². The SMILES string of the molecule is CN(CCCC(=O)O)[C@H]1CCCN(c2ccccc2)C1=O. The Morgan fingerprint density at radius 1 is 1.38 bits per heavy atom. The van der Waals surface area contributed by atoms with Crippen LogP contribution in [0.3, 0.4) is 0 Å². The molecule has 1 aliphatic rings. The molecule has 2 rings (SSSR count). The van der Waals surface area contributed by atoms with Crippen molar-refractivity contribution in [3.05, 3.63) is 30.3 Å². The van der Waals surface area contributed by atoms with Gasteiger partial charge in [-0.15, -0.1) is 0 Å². The van der Waals surface area contributed by atoms with Crippen molar-refractivity contribution in [3.63, 3.8) is 0 Å². The normalized spacial score (nSPS) is 19.0. The van der Waals surface area contributed by atoms with Crippen LogP contribution in [0.4, 0.5) is 5.69 Å². The number of piperidine rings is 1. The Labute approximate surface area is 125 Å². The summed E-state index contributed by atoms with van der Waals surface area (Å²) in [6.07, 6.45) is 2.52. The Hall–Kier alpha value is -1.88. The van der Waals surface area contributed by atoms with Crippen molar-refractivity contribution >= 4 is 17.6 Å². The number of aliphatic carboxylic acids is 1. The lowest BCUT2D eigenvalue weighted by atomic mass is 10.0. The second-order valence-electron chi connectivity index (χ2n) is 5.46. The summed E-state index contributed by atoms with van der Waals surface area (Å²) in [6.45, 7) is 1.38. The molecule has 5 heteroatoms. The van der Waals surface area contributed by atoms with E-state index >= 15 is 0 Å². The Balaban J connectivity index is 1.97. The van der Waals surface area contributed by atoms with E-state index in [0.717, 1.165) is 25.1 Å². The van der Waals surface area contributed by atoms with Crippen LogP contribution in [0.1, 0.15) is 25.7 Å². The number of benzene rings is 1. The number of likely N-dealkylation sites (N-methyl/N-ethyl adjacent to an activating group) is 1. The van der Waals surface area contributed by atoms with Crippen LogP contribution < -0.4 is 4.90 Å². The molecule has 1 aromatic rings. The molecule has 0 spiro atoms. The van der Waals surface area contributed by atoms with Gasteiger partial charge >= 0.3 is 5.97 Å². The summed E-state index contributed by atoms with van der Waals surface area (Å²) in [7, 11) is 1.90. The molecule has 5 nitrogen and oxygen atoms in total. The number of carbonyl (C=O) groups excluding carboxylic acids is 1. The van der Waals surface area contributed by atoms with Gasteiger partial charge in [-0.25, -0.2) is 0 Å². The zero-order valence-electron chi connectivity index (χ0n) is 12.4. The molecule has 1 atom stereocenters. The molecular formula is C16H22N2O3. The minimum atomic E-state index is -0.788. The zero-order chi connectivity index (χ0) is 15.2. The molecule has 1 amide bonds. The molecule has 21 heavy (non-hydrogen) atoms. The monoisotopic (exact) mass is 290 g/mol. The number of carboxylic acid groups (broad SMARTS) is 1. The first kappa shape index (κ1) is 15.5. The van der Waals surface area contributed by atoms with Gasteiger partial charge in [0.1, 0.15) is 0 Å². The quantitative estimate of drug-likeness (QED) is 0.870. The predicted molar refractivity (Wildman–Crippen MR) is 81.3 cm³/mol. The largest absolute Gasteiger partial charge is 0.481 e. The maximum Gasteiger partial charge on any atom is 0.303 e. The molecular weight excluding hydrogens is 268 g/mol. The van der Waals surface area contributed by atoms with Gasteiger partial charge in [0.2, 0.25) is 5.91 Å². The van der Waals surface area contributed by atoms with E-state index < -0.39 is 5.97 Å². The standard InChI is InChI=1S/C16H22N2O3/c1-17(11-6-10-15(19)20)14-9-5-12-18(16(14)21)13-7-3-2-4-8-13/h2-4,7-8,14H,5-6,9-12H2,1H3,(H,19,20)/t14-/m0/s1. The number of hydrogen-bond donors (Lipinski definition) is 1. The van der Waals surface area contributed by atoms with E-state index in [1.807, 2.05) is 47.2 Å². The summed E-state index contributed by atoms with van der Waals surface area (Å²) in [5, 5.41) is 8.69. The van der Waals surface area contributed by atoms with Crippen LogP contribution in [-0.4, -0.2) is 48.1 Å². The highest BCUT2D eigenvalue weighted by Gasteiger charge is 2.32. The molecule has 1 saturated heterocycles. The average molecular weight is 290 g/mol. The summed E-state index contributed by atoms with van der Waals surface area (Å²) in [4.78, 5) is 27.0. The molecule has 114 valence electrons. The molecule has 0 aliphatic carbocycles. The fourth-order valence-corrected chi connectivity index (χ4v) is 2.77. The van der Waals surface area contributed by atoms with E-state index in [-0.39, 0.29) is 18.4 Å². The average Bonchev–Trinajstić information content (AvgIpc) is 2.48. The van der Waals surface area contributed by atoms with Crippen molar-refractivity contribution in [3.8, 4) is 0 Å². The predicted octanol–water partition coefficient (Wildman–Crippen LogP) is 1.98. The van der Waals surface area contributed by atoms with Crippen LogP contribution in [0.25, 0.3) is 0 Å². The molecule has 0 aromatic heterocycles. The van der Waals surface area contributed by atoms with E-state index in [1.165, 1.54) is 0 Å². The smallest absolute Gasteiger partial charge is 0.303 e. The number of para-hydroxylation sites is 1. The highest BCUT2D eigenvalue weighted by atomic mass is 16.4. The summed E-state index contributed by atoms with van der Waals surface area (Å²) < 4.78 is 0. The molecule has 1 N–H and O–H groups in total. The maximum absolute atomic E-state index is 12.6. The van der Waals surface area contributed by atoms with Crippen molar-refractivity contribution in [1.29, 1.82) is 0 Å². The number of rotatable bonds is 6. The summed E-state index contributed by atoms with van der Waals surface area (Å²) in [6, 6.07) is 9.56. The lowest BCUT2D eigenvalue weighted by Gasteiger charge is -2.36. The van der Waals surface area contributed by atoms with E-state index in [0.29, 0.717) is 13.0 Å². The van der Waals surface area contributed by atoms with E-state index in [1.54, 1.807) is 0 Å². The Morgan fingerprint density at radius 2 is 2.10 bits per heavy atom. The Morgan fingerprint density at radius 3 is 2.76 bits per heavy atom. The molecule has 0 bridgehead atoms. The molecule has 1 heterocycles. The van der Waals surface area contributed by atoms with Gasteiger partial charge in [0.05, 0.1) is 6.04 Å². The number of hydrogen-bond acceptors (Lipinski definition) is 3. The number of anilines is 1. The topological polar surface area (TPSA) is 60.9 Å². The minimum Gasteiger partial charge on any atom is -0.481 e. The van der Waals surface area contributed by atoms with E-state index in [4.69, 9.17) is 5.11 Å². The van der Waals surface area contributed by atoms with Crippen molar-refractivity contribution < 1.29 is 14.7 Å². The summed E-state index contributed by atoms with van der Waals surface area (Å²) >= 11 is 0. The van der Waals surface area contributed by atoms with Crippen LogP contribution in [0, 0.1) is 0 Å². The summed E-state index contributed by atoms with van der Waals surface area (Å²) in [5.41, 5.74) is 0.936. The number of carboxylic acids is 1. The third-order valence-electron chi connectivity index (χ3n) is 3.91. The van der Waals surface area contributed by atoms with Gasteiger partial charge in [0.25, 0.3) is 0 Å². The van der Waals surface area contributed by atoms with Crippen LogP contribution in [-0.2, 0) is 9.59 Å². The molecule has 1 fully saturated rings.